The van der Waals surface area contributed by atoms with Crippen LogP contribution in [-0.4, -0.2) is 36.2 Å². The Morgan fingerprint density at radius 2 is 2.17 bits per heavy atom. The maximum absolute atomic E-state index is 13.6. The number of H-pyrrole nitrogens is 1. The van der Waals surface area contributed by atoms with Gasteiger partial charge in [-0.1, -0.05) is 23.2 Å². The summed E-state index contributed by atoms with van der Waals surface area (Å²) >= 11 is 11.8. The van der Waals surface area contributed by atoms with Gasteiger partial charge in [-0.3, -0.25) is 4.79 Å². The van der Waals surface area contributed by atoms with Crippen molar-refractivity contribution in [3.8, 4) is 0 Å². The smallest absolute Gasteiger partial charge is 0.269 e. The summed E-state index contributed by atoms with van der Waals surface area (Å²) in [5.41, 5.74) is 0.804. The van der Waals surface area contributed by atoms with Crippen molar-refractivity contribution >= 4 is 29.1 Å². The summed E-state index contributed by atoms with van der Waals surface area (Å²) in [5, 5.41) is 6.06. The molecule has 0 aliphatic carbocycles. The van der Waals surface area contributed by atoms with Crippen LogP contribution < -0.4 is 10.6 Å². The molecule has 7 heteroatoms. The van der Waals surface area contributed by atoms with Crippen molar-refractivity contribution in [1.29, 1.82) is 0 Å². The van der Waals surface area contributed by atoms with Gasteiger partial charge in [-0.05, 0) is 19.9 Å². The molecule has 0 unspecified atom stereocenters. The van der Waals surface area contributed by atoms with Crippen LogP contribution in [0.2, 0.25) is 10.0 Å². The summed E-state index contributed by atoms with van der Waals surface area (Å²) in [4.78, 5) is 14.8. The number of aromatic amines is 1. The predicted molar refractivity (Wildman–Crippen MR) is 69.2 cm³/mol. The molecule has 2 atom stereocenters. The number of piperidine rings is 1. The maximum Gasteiger partial charge on any atom is 0.269 e. The molecule has 0 spiro atoms. The van der Waals surface area contributed by atoms with Crippen molar-refractivity contribution < 1.29 is 9.18 Å². The summed E-state index contributed by atoms with van der Waals surface area (Å²) in [5.74, 6) is -0.426. The Balaban J connectivity index is 2.09. The number of aryl methyl sites for hydroxylation is 1. The van der Waals surface area contributed by atoms with Crippen LogP contribution in [0.1, 0.15) is 22.6 Å². The zero-order valence-electron chi connectivity index (χ0n) is 9.82. The number of halogens is 3. The number of hydrogen-bond donors (Lipinski definition) is 3. The average Bonchev–Trinajstić information content (AvgIpc) is 2.60. The van der Waals surface area contributed by atoms with Gasteiger partial charge in [0.2, 0.25) is 0 Å². The SMILES string of the molecule is Cc1[nH]c(C(=O)N[C@H]2CCNC[C@@H]2F)c(Cl)c1Cl. The minimum atomic E-state index is -1.09. The van der Waals surface area contributed by atoms with Gasteiger partial charge in [-0.2, -0.15) is 0 Å². The minimum Gasteiger partial charge on any atom is -0.352 e. The molecular weight excluding hydrogens is 280 g/mol. The van der Waals surface area contributed by atoms with Gasteiger partial charge in [0, 0.05) is 12.2 Å². The molecule has 2 heterocycles. The van der Waals surface area contributed by atoms with Crippen molar-refractivity contribution in [1.82, 2.24) is 15.6 Å². The summed E-state index contributed by atoms with van der Waals surface area (Å²) in [6, 6.07) is -0.489. The second-order valence-corrected chi connectivity index (χ2v) is 5.10. The van der Waals surface area contributed by atoms with Crippen LogP contribution in [0.3, 0.4) is 0 Å². The second kappa shape index (κ2) is 5.47. The molecule has 100 valence electrons. The second-order valence-electron chi connectivity index (χ2n) is 4.34. The molecule has 0 aromatic carbocycles. The molecule has 1 aliphatic heterocycles. The van der Waals surface area contributed by atoms with Crippen LogP contribution in [0, 0.1) is 6.92 Å². The van der Waals surface area contributed by atoms with Gasteiger partial charge in [0.25, 0.3) is 5.91 Å². The Labute approximate surface area is 114 Å². The third-order valence-corrected chi connectivity index (χ3v) is 3.95. The summed E-state index contributed by atoms with van der Waals surface area (Å²) in [6.07, 6.45) is -0.536. The van der Waals surface area contributed by atoms with E-state index in [4.69, 9.17) is 23.2 Å². The van der Waals surface area contributed by atoms with Crippen molar-refractivity contribution in [3.63, 3.8) is 0 Å². The number of rotatable bonds is 2. The van der Waals surface area contributed by atoms with Crippen LogP contribution in [0.15, 0.2) is 0 Å². The number of amides is 1. The van der Waals surface area contributed by atoms with E-state index >= 15 is 0 Å². The quantitative estimate of drug-likeness (QED) is 0.782. The van der Waals surface area contributed by atoms with Gasteiger partial charge in [0.05, 0.1) is 16.1 Å². The fourth-order valence-corrected chi connectivity index (χ4v) is 2.37. The van der Waals surface area contributed by atoms with Crippen molar-refractivity contribution in [2.75, 3.05) is 13.1 Å². The fraction of sp³-hybridized carbons (Fsp3) is 0.545. The van der Waals surface area contributed by atoms with Gasteiger partial charge < -0.3 is 15.6 Å². The Bertz CT molecular complexity index is 463. The van der Waals surface area contributed by atoms with Crippen LogP contribution in [0.5, 0.6) is 0 Å². The zero-order valence-corrected chi connectivity index (χ0v) is 11.3. The summed E-state index contributed by atoms with van der Waals surface area (Å²) < 4.78 is 13.6. The Hall–Kier alpha value is -0.780. The maximum atomic E-state index is 13.6. The Morgan fingerprint density at radius 1 is 1.44 bits per heavy atom. The van der Waals surface area contributed by atoms with E-state index in [1.807, 2.05) is 0 Å². The number of carbonyl (C=O) groups is 1. The van der Waals surface area contributed by atoms with Gasteiger partial charge in [-0.25, -0.2) is 4.39 Å². The van der Waals surface area contributed by atoms with Gasteiger partial charge in [0.1, 0.15) is 11.9 Å². The van der Waals surface area contributed by atoms with E-state index in [9.17, 15) is 9.18 Å². The van der Waals surface area contributed by atoms with E-state index in [1.165, 1.54) is 0 Å². The van der Waals surface area contributed by atoms with E-state index in [0.717, 1.165) is 0 Å². The topological polar surface area (TPSA) is 56.9 Å². The number of alkyl halides is 1. The Kier molecular flexibility index (Phi) is 4.14. The first-order valence-corrected chi connectivity index (χ1v) is 6.45. The standard InChI is InChI=1S/C11H14Cl2FN3O/c1-5-8(12)9(13)10(16-5)11(18)17-7-2-3-15-4-6(7)14/h6-7,15-16H,2-4H2,1H3,(H,17,18)/t6-,7-/m0/s1. The third kappa shape index (κ3) is 2.63. The first kappa shape index (κ1) is 13.6. The lowest BCUT2D eigenvalue weighted by atomic mass is 10.0. The van der Waals surface area contributed by atoms with Crippen molar-refractivity contribution in [2.24, 2.45) is 0 Å². The van der Waals surface area contributed by atoms with Gasteiger partial charge in [-0.15, -0.1) is 0 Å². The molecule has 3 N–H and O–H groups in total. The summed E-state index contributed by atoms with van der Waals surface area (Å²) in [6.45, 7) is 2.65. The van der Waals surface area contributed by atoms with Crippen LogP contribution in [0.25, 0.3) is 0 Å². The Morgan fingerprint density at radius 3 is 2.72 bits per heavy atom. The molecule has 1 amide bonds. The third-order valence-electron chi connectivity index (χ3n) is 3.01. The van der Waals surface area contributed by atoms with Crippen LogP contribution >= 0.6 is 23.2 Å². The zero-order chi connectivity index (χ0) is 13.3. The number of aromatic nitrogens is 1. The lowest BCUT2D eigenvalue weighted by molar-refractivity contribution is 0.0888. The lowest BCUT2D eigenvalue weighted by Gasteiger charge is -2.27. The molecule has 18 heavy (non-hydrogen) atoms. The highest BCUT2D eigenvalue weighted by Crippen LogP contribution is 2.29. The molecule has 4 nitrogen and oxygen atoms in total. The van der Waals surface area contributed by atoms with E-state index < -0.39 is 18.1 Å². The monoisotopic (exact) mass is 293 g/mol. The highest BCUT2D eigenvalue weighted by Gasteiger charge is 2.28. The summed E-state index contributed by atoms with van der Waals surface area (Å²) in [7, 11) is 0. The molecule has 0 saturated carbocycles. The largest absolute Gasteiger partial charge is 0.352 e. The molecule has 1 saturated heterocycles. The predicted octanol–water partition coefficient (Wildman–Crippen LogP) is 2.06. The van der Waals surface area contributed by atoms with E-state index in [-0.39, 0.29) is 17.3 Å². The number of hydrogen-bond acceptors (Lipinski definition) is 2. The van der Waals surface area contributed by atoms with E-state index in [1.54, 1.807) is 6.92 Å². The van der Waals surface area contributed by atoms with Crippen molar-refractivity contribution in [3.05, 3.63) is 21.4 Å². The van der Waals surface area contributed by atoms with Crippen LogP contribution in [-0.2, 0) is 0 Å². The molecule has 2 rings (SSSR count). The fourth-order valence-electron chi connectivity index (χ4n) is 1.95. The molecule has 0 bridgehead atoms. The number of nitrogens with one attached hydrogen (secondary N) is 3. The molecule has 1 aliphatic rings. The van der Waals surface area contributed by atoms with Gasteiger partial charge in [0.15, 0.2) is 0 Å². The minimum absolute atomic E-state index is 0.177. The molecular formula is C11H14Cl2FN3O. The molecule has 1 aromatic rings. The first-order chi connectivity index (χ1) is 8.50. The van der Waals surface area contributed by atoms with Gasteiger partial charge >= 0.3 is 0 Å². The first-order valence-electron chi connectivity index (χ1n) is 5.70. The normalized spacial score (nSPS) is 24.0. The van der Waals surface area contributed by atoms with Crippen molar-refractivity contribution in [2.45, 2.75) is 25.6 Å². The number of carbonyl (C=O) groups excluding carboxylic acids is 1. The highest BCUT2D eigenvalue weighted by atomic mass is 35.5. The molecule has 1 aromatic heterocycles. The molecule has 0 radical (unpaired) electrons. The van der Waals surface area contributed by atoms with E-state index in [2.05, 4.69) is 15.6 Å². The van der Waals surface area contributed by atoms with Crippen LogP contribution in [0.4, 0.5) is 4.39 Å². The molecule has 1 fully saturated rings. The lowest BCUT2D eigenvalue weighted by Crippen LogP contribution is -2.50. The highest BCUT2D eigenvalue weighted by molar-refractivity contribution is 6.44. The average molecular weight is 294 g/mol. The van der Waals surface area contributed by atoms with E-state index in [0.29, 0.717) is 23.7 Å².